The van der Waals surface area contributed by atoms with Crippen LogP contribution < -0.4 is 5.73 Å². The molecule has 0 aliphatic carbocycles. The molecule has 2 rings (SSSR count). The Balaban J connectivity index is 2.35. The van der Waals surface area contributed by atoms with Gasteiger partial charge in [0.2, 0.25) is 0 Å². The van der Waals surface area contributed by atoms with Crippen molar-refractivity contribution in [3.8, 4) is 0 Å². The standard InChI is InChI=1S/C10H9BrFN3/c11-7-2-1-6(5-8(7)12)9-3-4-10(13)15-14-9/h1-2,5H,3-4H2,(H2,13,15). The summed E-state index contributed by atoms with van der Waals surface area (Å²) in [4.78, 5) is 0. The molecule has 0 aromatic heterocycles. The molecule has 2 N–H and O–H groups in total. The second-order valence-corrected chi connectivity index (χ2v) is 4.12. The van der Waals surface area contributed by atoms with Crippen LogP contribution in [0.5, 0.6) is 0 Å². The molecule has 15 heavy (non-hydrogen) atoms. The summed E-state index contributed by atoms with van der Waals surface area (Å²) in [7, 11) is 0. The molecule has 78 valence electrons. The Hall–Kier alpha value is -1.23. The van der Waals surface area contributed by atoms with Gasteiger partial charge in [-0.15, -0.1) is 5.10 Å². The Morgan fingerprint density at radius 1 is 1.27 bits per heavy atom. The molecule has 3 nitrogen and oxygen atoms in total. The molecule has 1 aromatic rings. The fourth-order valence-electron chi connectivity index (χ4n) is 1.35. The van der Waals surface area contributed by atoms with Gasteiger partial charge in [-0.25, -0.2) is 4.39 Å². The fourth-order valence-corrected chi connectivity index (χ4v) is 1.60. The van der Waals surface area contributed by atoms with Gasteiger partial charge in [-0.05, 0) is 34.5 Å². The first kappa shape index (κ1) is 10.3. The first-order chi connectivity index (χ1) is 7.16. The van der Waals surface area contributed by atoms with Crippen LogP contribution in [0.3, 0.4) is 0 Å². The van der Waals surface area contributed by atoms with Crippen molar-refractivity contribution < 1.29 is 4.39 Å². The summed E-state index contributed by atoms with van der Waals surface area (Å²) >= 11 is 3.10. The van der Waals surface area contributed by atoms with Crippen LogP contribution in [0.4, 0.5) is 4.39 Å². The summed E-state index contributed by atoms with van der Waals surface area (Å²) in [6.45, 7) is 0. The van der Waals surface area contributed by atoms with Crippen molar-refractivity contribution in [1.29, 1.82) is 0 Å². The van der Waals surface area contributed by atoms with Gasteiger partial charge in [-0.3, -0.25) is 0 Å². The van der Waals surface area contributed by atoms with Gasteiger partial charge in [0.15, 0.2) is 0 Å². The lowest BCUT2D eigenvalue weighted by Gasteiger charge is -2.09. The van der Waals surface area contributed by atoms with Crippen LogP contribution in [-0.4, -0.2) is 11.5 Å². The van der Waals surface area contributed by atoms with E-state index in [1.54, 1.807) is 6.07 Å². The van der Waals surface area contributed by atoms with E-state index in [4.69, 9.17) is 5.73 Å². The number of nitrogens with two attached hydrogens (primary N) is 1. The van der Waals surface area contributed by atoms with E-state index in [1.165, 1.54) is 6.07 Å². The summed E-state index contributed by atoms with van der Waals surface area (Å²) in [6.07, 6.45) is 1.38. The number of hydrogen-bond donors (Lipinski definition) is 1. The first-order valence-electron chi connectivity index (χ1n) is 4.51. The highest BCUT2D eigenvalue weighted by molar-refractivity contribution is 9.10. The lowest BCUT2D eigenvalue weighted by molar-refractivity contribution is 0.620. The maximum absolute atomic E-state index is 13.2. The monoisotopic (exact) mass is 269 g/mol. The van der Waals surface area contributed by atoms with Crippen molar-refractivity contribution in [2.75, 3.05) is 0 Å². The topological polar surface area (TPSA) is 50.7 Å². The van der Waals surface area contributed by atoms with Gasteiger partial charge in [-0.1, -0.05) is 6.07 Å². The van der Waals surface area contributed by atoms with Gasteiger partial charge >= 0.3 is 0 Å². The second-order valence-electron chi connectivity index (χ2n) is 3.27. The Bertz CT molecular complexity index is 454. The summed E-state index contributed by atoms with van der Waals surface area (Å²) in [5.41, 5.74) is 7.02. The molecular formula is C10H9BrFN3. The molecule has 0 atom stereocenters. The van der Waals surface area contributed by atoms with Crippen LogP contribution >= 0.6 is 15.9 Å². The quantitative estimate of drug-likeness (QED) is 0.837. The molecule has 0 bridgehead atoms. The predicted octanol–water partition coefficient (Wildman–Crippen LogP) is 2.44. The van der Waals surface area contributed by atoms with E-state index in [9.17, 15) is 4.39 Å². The third kappa shape index (κ3) is 2.23. The third-order valence-corrected chi connectivity index (χ3v) is 2.81. The summed E-state index contributed by atoms with van der Waals surface area (Å²) in [5.74, 6) is 0.231. The Kier molecular flexibility index (Phi) is 2.81. The highest BCUT2D eigenvalue weighted by Gasteiger charge is 2.11. The molecule has 0 spiro atoms. The lowest BCUT2D eigenvalue weighted by Crippen LogP contribution is -2.17. The molecule has 1 aromatic carbocycles. The van der Waals surface area contributed by atoms with E-state index in [2.05, 4.69) is 26.1 Å². The van der Waals surface area contributed by atoms with E-state index in [1.807, 2.05) is 6.07 Å². The molecule has 0 radical (unpaired) electrons. The normalized spacial score (nSPS) is 15.9. The van der Waals surface area contributed by atoms with Crippen molar-refractivity contribution in [2.24, 2.45) is 15.9 Å². The Labute approximate surface area is 95.0 Å². The van der Waals surface area contributed by atoms with Crippen LogP contribution in [0.25, 0.3) is 0 Å². The third-order valence-electron chi connectivity index (χ3n) is 2.17. The molecule has 0 fully saturated rings. The molecule has 1 heterocycles. The molecular weight excluding hydrogens is 261 g/mol. The summed E-state index contributed by atoms with van der Waals surface area (Å²) < 4.78 is 13.7. The number of halogens is 2. The van der Waals surface area contributed by atoms with Gasteiger partial charge < -0.3 is 5.73 Å². The zero-order chi connectivity index (χ0) is 10.8. The van der Waals surface area contributed by atoms with E-state index in [0.29, 0.717) is 23.1 Å². The van der Waals surface area contributed by atoms with Gasteiger partial charge in [0.1, 0.15) is 11.7 Å². The zero-order valence-corrected chi connectivity index (χ0v) is 9.46. The molecule has 5 heteroatoms. The Morgan fingerprint density at radius 2 is 2.07 bits per heavy atom. The maximum atomic E-state index is 13.2. The molecule has 0 saturated carbocycles. The van der Waals surface area contributed by atoms with E-state index in [-0.39, 0.29) is 5.82 Å². The maximum Gasteiger partial charge on any atom is 0.138 e. The predicted molar refractivity (Wildman–Crippen MR) is 61.5 cm³/mol. The lowest BCUT2D eigenvalue weighted by atomic mass is 10.0. The van der Waals surface area contributed by atoms with E-state index >= 15 is 0 Å². The van der Waals surface area contributed by atoms with Gasteiger partial charge in [0, 0.05) is 12.0 Å². The average Bonchev–Trinajstić information content (AvgIpc) is 2.23. The van der Waals surface area contributed by atoms with Crippen molar-refractivity contribution in [3.63, 3.8) is 0 Å². The Morgan fingerprint density at radius 3 is 2.67 bits per heavy atom. The molecule has 0 unspecified atom stereocenters. The van der Waals surface area contributed by atoms with E-state index in [0.717, 1.165) is 11.3 Å². The van der Waals surface area contributed by atoms with Crippen LogP contribution in [0.15, 0.2) is 32.9 Å². The summed E-state index contributed by atoms with van der Waals surface area (Å²) in [6, 6.07) is 4.91. The highest BCUT2D eigenvalue weighted by Crippen LogP contribution is 2.19. The average molecular weight is 270 g/mol. The number of amidine groups is 1. The summed E-state index contributed by atoms with van der Waals surface area (Å²) in [5, 5.41) is 7.74. The van der Waals surface area contributed by atoms with Crippen molar-refractivity contribution in [1.82, 2.24) is 0 Å². The van der Waals surface area contributed by atoms with Crippen molar-refractivity contribution in [3.05, 3.63) is 34.1 Å². The minimum atomic E-state index is -0.294. The van der Waals surface area contributed by atoms with Crippen molar-refractivity contribution in [2.45, 2.75) is 12.8 Å². The van der Waals surface area contributed by atoms with E-state index < -0.39 is 0 Å². The number of benzene rings is 1. The minimum absolute atomic E-state index is 0.294. The smallest absolute Gasteiger partial charge is 0.138 e. The van der Waals surface area contributed by atoms with Gasteiger partial charge in [0.05, 0.1) is 10.2 Å². The SMILES string of the molecule is NC1=NN=C(c2ccc(Br)c(F)c2)CC1. The van der Waals surface area contributed by atoms with Crippen LogP contribution in [0.1, 0.15) is 18.4 Å². The molecule has 0 amide bonds. The molecule has 1 aliphatic rings. The minimum Gasteiger partial charge on any atom is -0.386 e. The highest BCUT2D eigenvalue weighted by atomic mass is 79.9. The molecule has 1 aliphatic heterocycles. The van der Waals surface area contributed by atoms with Crippen LogP contribution in [0, 0.1) is 5.82 Å². The van der Waals surface area contributed by atoms with Crippen LogP contribution in [-0.2, 0) is 0 Å². The van der Waals surface area contributed by atoms with Crippen LogP contribution in [0.2, 0.25) is 0 Å². The fraction of sp³-hybridized carbons (Fsp3) is 0.200. The second kappa shape index (κ2) is 4.10. The first-order valence-corrected chi connectivity index (χ1v) is 5.30. The van der Waals surface area contributed by atoms with Crippen molar-refractivity contribution >= 4 is 27.5 Å². The molecule has 0 saturated heterocycles. The largest absolute Gasteiger partial charge is 0.386 e. The number of rotatable bonds is 1. The zero-order valence-electron chi connectivity index (χ0n) is 7.87. The van der Waals surface area contributed by atoms with Gasteiger partial charge in [0.25, 0.3) is 0 Å². The number of hydrogen-bond acceptors (Lipinski definition) is 3. The van der Waals surface area contributed by atoms with Gasteiger partial charge in [-0.2, -0.15) is 5.10 Å². The number of nitrogens with zero attached hydrogens (tertiary/aromatic N) is 2.